The second-order valence-electron chi connectivity index (χ2n) is 5.40. The summed E-state index contributed by atoms with van der Waals surface area (Å²) >= 11 is 0. The first-order chi connectivity index (χ1) is 9.10. The zero-order chi connectivity index (χ0) is 15.8. The minimum absolute atomic E-state index is 0.0286. The van der Waals surface area contributed by atoms with Crippen LogP contribution < -0.4 is 11.1 Å². The summed E-state index contributed by atoms with van der Waals surface area (Å²) in [7, 11) is 1.65. The lowest BCUT2D eigenvalue weighted by Gasteiger charge is -2.28. The molecule has 0 aromatic rings. The number of nitrogens with zero attached hydrogens (tertiary/aromatic N) is 1. The molecule has 20 heavy (non-hydrogen) atoms. The minimum atomic E-state index is -4.13. The molecule has 0 aromatic carbocycles. The summed E-state index contributed by atoms with van der Waals surface area (Å²) in [5, 5.41) is 3.10. The Bertz CT molecular complexity index is 297. The van der Waals surface area contributed by atoms with Crippen molar-refractivity contribution >= 4 is 5.91 Å². The van der Waals surface area contributed by atoms with Crippen LogP contribution in [0.4, 0.5) is 13.2 Å². The van der Waals surface area contributed by atoms with Crippen molar-refractivity contribution < 1.29 is 18.0 Å². The van der Waals surface area contributed by atoms with Gasteiger partial charge in [0.1, 0.15) is 0 Å². The van der Waals surface area contributed by atoms with Gasteiger partial charge in [-0.1, -0.05) is 6.92 Å². The Labute approximate surface area is 118 Å². The van der Waals surface area contributed by atoms with E-state index in [0.29, 0.717) is 25.9 Å². The van der Waals surface area contributed by atoms with E-state index in [1.165, 1.54) is 0 Å². The van der Waals surface area contributed by atoms with Crippen LogP contribution in [0.3, 0.4) is 0 Å². The number of carbonyl (C=O) groups is 1. The van der Waals surface area contributed by atoms with E-state index in [1.807, 2.05) is 6.92 Å². The first-order valence-corrected chi connectivity index (χ1v) is 6.91. The summed E-state index contributed by atoms with van der Waals surface area (Å²) < 4.78 is 36.2. The summed E-state index contributed by atoms with van der Waals surface area (Å²) in [4.78, 5) is 13.1. The third-order valence-electron chi connectivity index (χ3n) is 3.30. The molecule has 0 spiro atoms. The Morgan fingerprint density at radius 1 is 1.25 bits per heavy atom. The predicted molar refractivity (Wildman–Crippen MR) is 73.3 cm³/mol. The standard InChI is InChI=1S/C13H26F3N3O/c1-4-8-18-12(2,11(17)20)6-5-9-19(3)10-7-13(14,15)16/h18H,4-10H2,1-3H3,(H2,17,20). The highest BCUT2D eigenvalue weighted by Crippen LogP contribution is 2.19. The normalized spacial score (nSPS) is 15.3. The maximum Gasteiger partial charge on any atom is 0.390 e. The van der Waals surface area contributed by atoms with E-state index >= 15 is 0 Å². The molecule has 0 fully saturated rings. The number of amides is 1. The van der Waals surface area contributed by atoms with Gasteiger partial charge in [-0.25, -0.2) is 0 Å². The van der Waals surface area contributed by atoms with Gasteiger partial charge in [-0.05, 0) is 46.3 Å². The number of nitrogens with one attached hydrogen (secondary N) is 1. The highest BCUT2D eigenvalue weighted by atomic mass is 19.4. The van der Waals surface area contributed by atoms with Crippen LogP contribution in [0.15, 0.2) is 0 Å². The highest BCUT2D eigenvalue weighted by molar-refractivity contribution is 5.84. The lowest BCUT2D eigenvalue weighted by Crippen LogP contribution is -2.53. The monoisotopic (exact) mass is 297 g/mol. The first kappa shape index (κ1) is 19.2. The van der Waals surface area contributed by atoms with Crippen molar-refractivity contribution in [2.45, 2.75) is 51.2 Å². The van der Waals surface area contributed by atoms with Crippen LogP contribution in [-0.2, 0) is 4.79 Å². The number of rotatable bonds is 10. The fraction of sp³-hybridized carbons (Fsp3) is 0.923. The molecule has 0 heterocycles. The van der Waals surface area contributed by atoms with Crippen LogP contribution in [0.5, 0.6) is 0 Å². The van der Waals surface area contributed by atoms with E-state index in [-0.39, 0.29) is 6.54 Å². The van der Waals surface area contributed by atoms with Crippen molar-refractivity contribution in [2.75, 3.05) is 26.7 Å². The first-order valence-electron chi connectivity index (χ1n) is 6.91. The quantitative estimate of drug-likeness (QED) is 0.647. The molecule has 4 nitrogen and oxygen atoms in total. The van der Waals surface area contributed by atoms with E-state index < -0.39 is 24.0 Å². The zero-order valence-electron chi connectivity index (χ0n) is 12.5. The van der Waals surface area contributed by atoms with Crippen LogP contribution in [0.25, 0.3) is 0 Å². The summed E-state index contributed by atoms with van der Waals surface area (Å²) in [5.41, 5.74) is 4.59. The Morgan fingerprint density at radius 3 is 2.30 bits per heavy atom. The second kappa shape index (κ2) is 8.46. The number of hydrogen-bond acceptors (Lipinski definition) is 3. The number of primary amides is 1. The van der Waals surface area contributed by atoms with E-state index in [1.54, 1.807) is 18.9 Å². The smallest absolute Gasteiger partial charge is 0.368 e. The topological polar surface area (TPSA) is 58.4 Å². The summed E-state index contributed by atoms with van der Waals surface area (Å²) in [6.07, 6.45) is -2.93. The number of nitrogens with two attached hydrogens (primary N) is 1. The lowest BCUT2D eigenvalue weighted by molar-refractivity contribution is -0.137. The van der Waals surface area contributed by atoms with Crippen LogP contribution in [0.2, 0.25) is 0 Å². The molecule has 7 heteroatoms. The molecule has 0 bridgehead atoms. The summed E-state index contributed by atoms with van der Waals surface area (Å²) in [6, 6.07) is 0. The summed E-state index contributed by atoms with van der Waals surface area (Å²) in [6.45, 7) is 4.88. The molecule has 0 saturated heterocycles. The van der Waals surface area contributed by atoms with Gasteiger partial charge in [0.15, 0.2) is 0 Å². The van der Waals surface area contributed by atoms with Gasteiger partial charge in [-0.15, -0.1) is 0 Å². The van der Waals surface area contributed by atoms with Crippen molar-refractivity contribution in [3.8, 4) is 0 Å². The minimum Gasteiger partial charge on any atom is -0.368 e. The van der Waals surface area contributed by atoms with Gasteiger partial charge in [-0.2, -0.15) is 13.2 Å². The largest absolute Gasteiger partial charge is 0.390 e. The molecule has 1 amide bonds. The molecule has 120 valence electrons. The molecule has 0 aliphatic heterocycles. The van der Waals surface area contributed by atoms with Gasteiger partial charge < -0.3 is 16.0 Å². The number of alkyl halides is 3. The molecule has 3 N–H and O–H groups in total. The van der Waals surface area contributed by atoms with Crippen molar-refractivity contribution in [1.29, 1.82) is 0 Å². The van der Waals surface area contributed by atoms with Crippen LogP contribution in [0, 0.1) is 0 Å². The van der Waals surface area contributed by atoms with Gasteiger partial charge in [-0.3, -0.25) is 4.79 Å². The number of halogens is 3. The predicted octanol–water partition coefficient (Wildman–Crippen LogP) is 1.89. The van der Waals surface area contributed by atoms with Crippen molar-refractivity contribution in [3.63, 3.8) is 0 Å². The van der Waals surface area contributed by atoms with Gasteiger partial charge in [0.25, 0.3) is 0 Å². The molecule has 1 unspecified atom stereocenters. The number of carbonyl (C=O) groups excluding carboxylic acids is 1. The van der Waals surface area contributed by atoms with Gasteiger partial charge >= 0.3 is 6.18 Å². The average molecular weight is 297 g/mol. The average Bonchev–Trinajstić information content (AvgIpc) is 2.33. The van der Waals surface area contributed by atoms with Crippen molar-refractivity contribution in [2.24, 2.45) is 5.73 Å². The fourth-order valence-corrected chi connectivity index (χ4v) is 1.83. The van der Waals surface area contributed by atoms with Gasteiger partial charge in [0, 0.05) is 6.54 Å². The molecule has 0 saturated carbocycles. The summed E-state index contributed by atoms with van der Waals surface area (Å²) in [5.74, 6) is -0.427. The lowest BCUT2D eigenvalue weighted by atomic mass is 9.94. The van der Waals surface area contributed by atoms with Gasteiger partial charge in [0.2, 0.25) is 5.91 Å². The Hall–Kier alpha value is -0.820. The zero-order valence-corrected chi connectivity index (χ0v) is 12.5. The van der Waals surface area contributed by atoms with Crippen molar-refractivity contribution in [3.05, 3.63) is 0 Å². The molecular weight excluding hydrogens is 271 g/mol. The maximum absolute atomic E-state index is 12.1. The Morgan fingerprint density at radius 2 is 1.85 bits per heavy atom. The molecule has 1 atom stereocenters. The van der Waals surface area contributed by atoms with Crippen LogP contribution >= 0.6 is 0 Å². The number of hydrogen-bond donors (Lipinski definition) is 2. The van der Waals surface area contributed by atoms with E-state index in [2.05, 4.69) is 5.32 Å². The van der Waals surface area contributed by atoms with Crippen LogP contribution in [0.1, 0.15) is 39.5 Å². The second-order valence-corrected chi connectivity index (χ2v) is 5.40. The SMILES string of the molecule is CCCNC(C)(CCCN(C)CCC(F)(F)F)C(N)=O. The Balaban J connectivity index is 4.08. The van der Waals surface area contributed by atoms with Gasteiger partial charge in [0.05, 0.1) is 12.0 Å². The van der Waals surface area contributed by atoms with Crippen molar-refractivity contribution in [1.82, 2.24) is 10.2 Å². The highest BCUT2D eigenvalue weighted by Gasteiger charge is 2.30. The Kier molecular flexibility index (Phi) is 8.12. The third kappa shape index (κ3) is 8.37. The molecule has 0 aliphatic rings. The molecule has 0 aliphatic carbocycles. The molecule has 0 aromatic heterocycles. The molecule has 0 radical (unpaired) electrons. The maximum atomic E-state index is 12.1. The third-order valence-corrected chi connectivity index (χ3v) is 3.30. The van der Waals surface area contributed by atoms with Crippen LogP contribution in [-0.4, -0.2) is 49.2 Å². The fourth-order valence-electron chi connectivity index (χ4n) is 1.83. The molecular formula is C13H26F3N3O. The van der Waals surface area contributed by atoms with E-state index in [4.69, 9.17) is 5.73 Å². The molecule has 0 rings (SSSR count). The van der Waals surface area contributed by atoms with E-state index in [9.17, 15) is 18.0 Å². The van der Waals surface area contributed by atoms with E-state index in [0.717, 1.165) is 6.42 Å².